The predicted molar refractivity (Wildman–Crippen MR) is 67.2 cm³/mol. The number of fused-ring (bicyclic) bond motifs is 1. The highest BCUT2D eigenvalue weighted by atomic mass is 19.1. The van der Waals surface area contributed by atoms with Gasteiger partial charge in [0.25, 0.3) is 0 Å². The van der Waals surface area contributed by atoms with Crippen molar-refractivity contribution in [2.75, 3.05) is 11.5 Å². The second-order valence-electron chi connectivity index (χ2n) is 3.96. The molecule has 0 saturated carbocycles. The lowest BCUT2D eigenvalue weighted by Gasteiger charge is -2.00. The number of nitrogens with zero attached hydrogens (tertiary/aromatic N) is 3. The Morgan fingerprint density at radius 1 is 1.11 bits per heavy atom. The number of nitrogens with two attached hydrogens (primary N) is 2. The van der Waals surface area contributed by atoms with Crippen LogP contribution in [0.2, 0.25) is 0 Å². The fourth-order valence-electron chi connectivity index (χ4n) is 1.77. The summed E-state index contributed by atoms with van der Waals surface area (Å²) in [6.45, 7) is 0. The van der Waals surface area contributed by atoms with Crippen LogP contribution in [0.25, 0.3) is 17.0 Å². The molecular weight excluding hydrogens is 233 g/mol. The van der Waals surface area contributed by atoms with Gasteiger partial charge in [-0.3, -0.25) is 4.40 Å². The molecule has 3 aromatic rings. The van der Waals surface area contributed by atoms with Crippen molar-refractivity contribution < 1.29 is 4.39 Å². The first kappa shape index (κ1) is 10.5. The molecular formula is C12H10FN5. The zero-order chi connectivity index (χ0) is 12.7. The Balaban J connectivity index is 2.22. The maximum absolute atomic E-state index is 13.7. The standard InChI is InChI=1S/C12H10FN5/c13-10-2-1-7(14)3-9(10)11-6-18-5-8(15)4-16-12(18)17-11/h1-6H,14-15H2. The van der Waals surface area contributed by atoms with E-state index in [1.165, 1.54) is 18.3 Å². The van der Waals surface area contributed by atoms with E-state index in [0.29, 0.717) is 28.4 Å². The molecule has 0 bridgehead atoms. The predicted octanol–water partition coefficient (Wildman–Crippen LogP) is 1.70. The van der Waals surface area contributed by atoms with Crippen molar-refractivity contribution >= 4 is 17.2 Å². The van der Waals surface area contributed by atoms with Crippen molar-refractivity contribution in [3.8, 4) is 11.3 Å². The van der Waals surface area contributed by atoms with Crippen LogP contribution in [0, 0.1) is 5.82 Å². The summed E-state index contributed by atoms with van der Waals surface area (Å²) in [5.41, 5.74) is 13.1. The number of halogens is 1. The van der Waals surface area contributed by atoms with Crippen LogP contribution in [0.15, 0.2) is 36.8 Å². The van der Waals surface area contributed by atoms with Gasteiger partial charge in [-0.05, 0) is 18.2 Å². The first-order valence-electron chi connectivity index (χ1n) is 5.29. The van der Waals surface area contributed by atoms with E-state index in [1.54, 1.807) is 22.9 Å². The molecule has 5 nitrogen and oxygen atoms in total. The van der Waals surface area contributed by atoms with Crippen LogP contribution in [0.3, 0.4) is 0 Å². The summed E-state index contributed by atoms with van der Waals surface area (Å²) in [7, 11) is 0. The molecule has 0 radical (unpaired) electrons. The SMILES string of the molecule is Nc1ccc(F)c(-c2cn3cc(N)cnc3n2)c1. The summed E-state index contributed by atoms with van der Waals surface area (Å²) < 4.78 is 15.4. The van der Waals surface area contributed by atoms with Gasteiger partial charge in [-0.1, -0.05) is 0 Å². The van der Waals surface area contributed by atoms with Crippen molar-refractivity contribution in [1.29, 1.82) is 0 Å². The molecule has 0 saturated heterocycles. The monoisotopic (exact) mass is 243 g/mol. The Hall–Kier alpha value is -2.63. The van der Waals surface area contributed by atoms with Gasteiger partial charge in [0.2, 0.25) is 5.78 Å². The highest BCUT2D eigenvalue weighted by Gasteiger charge is 2.10. The van der Waals surface area contributed by atoms with Crippen molar-refractivity contribution in [1.82, 2.24) is 14.4 Å². The first-order valence-corrected chi connectivity index (χ1v) is 5.29. The van der Waals surface area contributed by atoms with Crippen LogP contribution < -0.4 is 11.5 Å². The van der Waals surface area contributed by atoms with Crippen molar-refractivity contribution in [3.05, 3.63) is 42.6 Å². The van der Waals surface area contributed by atoms with Gasteiger partial charge < -0.3 is 11.5 Å². The normalized spacial score (nSPS) is 10.9. The number of imidazole rings is 1. The van der Waals surface area contributed by atoms with Crippen LogP contribution in [-0.2, 0) is 0 Å². The Labute approximate surface area is 102 Å². The van der Waals surface area contributed by atoms with Gasteiger partial charge in [0, 0.05) is 23.6 Å². The maximum atomic E-state index is 13.7. The Kier molecular flexibility index (Phi) is 2.16. The van der Waals surface area contributed by atoms with Crippen molar-refractivity contribution in [2.45, 2.75) is 0 Å². The zero-order valence-corrected chi connectivity index (χ0v) is 9.34. The van der Waals surface area contributed by atoms with Crippen LogP contribution in [0.1, 0.15) is 0 Å². The van der Waals surface area contributed by atoms with Crippen molar-refractivity contribution in [3.63, 3.8) is 0 Å². The van der Waals surface area contributed by atoms with E-state index in [4.69, 9.17) is 11.5 Å². The molecule has 4 N–H and O–H groups in total. The molecule has 0 atom stereocenters. The van der Waals surface area contributed by atoms with E-state index < -0.39 is 0 Å². The van der Waals surface area contributed by atoms with E-state index in [0.717, 1.165) is 0 Å². The number of nitrogen functional groups attached to an aromatic ring is 2. The molecule has 90 valence electrons. The topological polar surface area (TPSA) is 82.2 Å². The Bertz CT molecular complexity index is 734. The molecule has 18 heavy (non-hydrogen) atoms. The minimum atomic E-state index is -0.374. The fraction of sp³-hybridized carbons (Fsp3) is 0. The number of hydrogen-bond donors (Lipinski definition) is 2. The summed E-state index contributed by atoms with van der Waals surface area (Å²) in [6, 6.07) is 4.36. The van der Waals surface area contributed by atoms with E-state index in [2.05, 4.69) is 9.97 Å². The molecule has 0 fully saturated rings. The largest absolute Gasteiger partial charge is 0.399 e. The lowest BCUT2D eigenvalue weighted by molar-refractivity contribution is 0.631. The summed E-state index contributed by atoms with van der Waals surface area (Å²) in [6.07, 6.45) is 4.83. The molecule has 2 aromatic heterocycles. The molecule has 2 heterocycles. The van der Waals surface area contributed by atoms with Gasteiger partial charge in [0.05, 0.1) is 17.6 Å². The smallest absolute Gasteiger partial charge is 0.234 e. The van der Waals surface area contributed by atoms with E-state index >= 15 is 0 Å². The van der Waals surface area contributed by atoms with Crippen LogP contribution in [0.4, 0.5) is 15.8 Å². The first-order chi connectivity index (χ1) is 8.63. The third-order valence-electron chi connectivity index (χ3n) is 2.60. The van der Waals surface area contributed by atoms with Gasteiger partial charge in [-0.2, -0.15) is 0 Å². The minimum absolute atomic E-state index is 0.346. The molecule has 0 aliphatic rings. The lowest BCUT2D eigenvalue weighted by Crippen LogP contribution is -1.91. The third-order valence-corrected chi connectivity index (χ3v) is 2.60. The Morgan fingerprint density at radius 2 is 1.94 bits per heavy atom. The number of hydrogen-bond acceptors (Lipinski definition) is 4. The molecule has 6 heteroatoms. The second-order valence-corrected chi connectivity index (χ2v) is 3.96. The number of benzene rings is 1. The summed E-state index contributed by atoms with van der Waals surface area (Å²) in [4.78, 5) is 8.28. The number of aromatic nitrogens is 3. The molecule has 0 amide bonds. The number of anilines is 2. The summed E-state index contributed by atoms with van der Waals surface area (Å²) in [5, 5.41) is 0. The van der Waals surface area contributed by atoms with Gasteiger partial charge in [0.15, 0.2) is 0 Å². The maximum Gasteiger partial charge on any atom is 0.234 e. The van der Waals surface area contributed by atoms with E-state index in [1.807, 2.05) is 0 Å². The lowest BCUT2D eigenvalue weighted by atomic mass is 10.1. The molecule has 0 aliphatic carbocycles. The molecule has 0 unspecified atom stereocenters. The highest BCUT2D eigenvalue weighted by molar-refractivity contribution is 5.66. The Morgan fingerprint density at radius 3 is 2.78 bits per heavy atom. The summed E-state index contributed by atoms with van der Waals surface area (Å²) >= 11 is 0. The zero-order valence-electron chi connectivity index (χ0n) is 9.34. The van der Waals surface area contributed by atoms with E-state index in [9.17, 15) is 4.39 Å². The minimum Gasteiger partial charge on any atom is -0.399 e. The molecule has 0 spiro atoms. The van der Waals surface area contributed by atoms with Gasteiger partial charge in [0.1, 0.15) is 5.82 Å². The molecule has 0 aliphatic heterocycles. The average molecular weight is 243 g/mol. The molecule has 3 rings (SSSR count). The highest BCUT2D eigenvalue weighted by Crippen LogP contribution is 2.24. The molecule has 1 aromatic carbocycles. The van der Waals surface area contributed by atoms with Crippen LogP contribution >= 0.6 is 0 Å². The van der Waals surface area contributed by atoms with Gasteiger partial charge >= 0.3 is 0 Å². The number of rotatable bonds is 1. The fourth-order valence-corrected chi connectivity index (χ4v) is 1.77. The van der Waals surface area contributed by atoms with Crippen molar-refractivity contribution in [2.24, 2.45) is 0 Å². The summed E-state index contributed by atoms with van der Waals surface area (Å²) in [5.74, 6) is 0.0848. The van der Waals surface area contributed by atoms with Gasteiger partial charge in [-0.15, -0.1) is 0 Å². The third kappa shape index (κ3) is 1.64. The van der Waals surface area contributed by atoms with E-state index in [-0.39, 0.29) is 5.82 Å². The quantitative estimate of drug-likeness (QED) is 0.637. The van der Waals surface area contributed by atoms with Crippen LogP contribution in [0.5, 0.6) is 0 Å². The average Bonchev–Trinajstić information content (AvgIpc) is 2.74. The van der Waals surface area contributed by atoms with Gasteiger partial charge in [-0.25, -0.2) is 14.4 Å². The second kappa shape index (κ2) is 3.69. The van der Waals surface area contributed by atoms with Crippen LogP contribution in [-0.4, -0.2) is 14.4 Å².